The van der Waals surface area contributed by atoms with Crippen molar-refractivity contribution in [3.63, 3.8) is 0 Å². The third-order valence-electron chi connectivity index (χ3n) is 11.9. The van der Waals surface area contributed by atoms with Gasteiger partial charge < -0.3 is 36.6 Å². The fourth-order valence-electron chi connectivity index (χ4n) is 6.48. The van der Waals surface area contributed by atoms with Gasteiger partial charge in [-0.1, -0.05) is 141 Å². The number of nitrogens with one attached hydrogen (secondary N) is 4. The third-order valence-corrected chi connectivity index (χ3v) is 11.9. The molecule has 16 nitrogen and oxygen atoms in total. The molecule has 446 valence electrons. The number of carbonyl (C=O) groups excluding carboxylic acids is 3. The molecule has 2 aromatic carbocycles. The summed E-state index contributed by atoms with van der Waals surface area (Å²) >= 11 is 0. The smallest absolute Gasteiger partial charge is 0.251 e. The fraction of sp³-hybridized carbons (Fsp3) is 0.446. The molecule has 82 heavy (non-hydrogen) atoms. The molecule has 0 radical (unpaired) electrons. The Morgan fingerprint density at radius 2 is 1.22 bits per heavy atom. The van der Waals surface area contributed by atoms with Crippen LogP contribution in [0.2, 0.25) is 0 Å². The number of nitrogens with zero attached hydrogens (tertiary/aromatic N) is 4. The topological polar surface area (TPSA) is 261 Å². The number of H-pyrrole nitrogens is 3. The predicted octanol–water partition coefficient (Wildman–Crippen LogP) is 13.0. The van der Waals surface area contributed by atoms with Gasteiger partial charge in [-0.05, 0) is 125 Å². The highest BCUT2D eigenvalue weighted by Crippen LogP contribution is 2.23. The molecule has 0 unspecified atom stereocenters. The maximum absolute atomic E-state index is 13.0. The first kappa shape index (κ1) is 72.0. The standard InChI is InChI=1S/C11H13NO.C10H12FNO.C10H12N2.C9H13NO.C8H11NO.C8H14O.C5H9N3.C4H9NO/c1-7(2)8-3-4-9-6-12-11(13)10(9)5-8;1-6(2)7-3-4-9(11)8(5-7)10(12)13;1-7(2)9-5-8-3-4-11-10(8)12-6-9;1-7(2)8-4-5-10-9(6-8)11-3;1-6(2)7-3-4-9-8(10)5-7;1-7(2)5-6-8(3,4)9;1-4(2)5-3-6-8-7-5;1-3(2)4(5)6/h3-5,7H,6H2,1-2H3,(H,12,13);3-6H,1-2H3,(H2,12,13);3-7H,1-2H3,(H,11,12);4-7H,1-3H3;3-6H,1-2H3,(H,9,10);7,9H,1-4H3;3-4H,1-2H3,(H,6,7,8);3H,1-2H3,(H2,5,6). The Bertz CT molecular complexity index is 3110. The number of nitrogens with two attached hydrogens (primary N) is 2. The predicted molar refractivity (Wildman–Crippen MR) is 330 cm³/mol. The first-order valence-electron chi connectivity index (χ1n) is 27.8. The maximum atomic E-state index is 13.0. The van der Waals surface area contributed by atoms with E-state index in [1.807, 2.05) is 76.5 Å². The Kier molecular flexibility index (Phi) is 32.0. The molecule has 1 aliphatic heterocycles. The SMILES string of the molecule is CC(C)C#CC(C)(C)O.CC(C)C(N)=O.CC(C)c1cc[nH]c(=O)c1.CC(C)c1ccc(F)c(C(N)=O)c1.CC(C)c1ccc2c(c1)C(=O)NC2.CC(C)c1cn[nH]n1.CC(C)c1cnc2[nH]ccc2c1.COc1cc(C(C)C)ccn1. The molecule has 0 fully saturated rings. The van der Waals surface area contributed by atoms with Crippen molar-refractivity contribution in [2.45, 2.75) is 172 Å². The van der Waals surface area contributed by atoms with Crippen LogP contribution in [0.15, 0.2) is 109 Å². The Balaban J connectivity index is 0.000000473. The summed E-state index contributed by atoms with van der Waals surface area (Å²) in [5.41, 5.74) is 18.7. The minimum absolute atomic E-state index is 0.00926. The number of pyridine rings is 3. The number of primary amides is 2. The molecular formula is C65H93FN10O6. The number of ether oxygens (including phenoxy) is 1. The molecular weight excluding hydrogens is 1040 g/mol. The molecule has 0 saturated carbocycles. The van der Waals surface area contributed by atoms with Crippen LogP contribution in [0.5, 0.6) is 5.88 Å². The second kappa shape index (κ2) is 36.4. The first-order valence-corrected chi connectivity index (χ1v) is 27.8. The average Bonchev–Trinajstić information content (AvgIpc) is 4.22. The minimum atomic E-state index is -0.829. The summed E-state index contributed by atoms with van der Waals surface area (Å²) in [5.74, 6) is 7.93. The van der Waals surface area contributed by atoms with Crippen LogP contribution in [0.4, 0.5) is 4.39 Å². The minimum Gasteiger partial charge on any atom is -0.481 e. The molecule has 0 atom stereocenters. The van der Waals surface area contributed by atoms with E-state index in [9.17, 15) is 23.6 Å². The highest BCUT2D eigenvalue weighted by Gasteiger charge is 2.19. The second-order valence-electron chi connectivity index (χ2n) is 22.4. The highest BCUT2D eigenvalue weighted by molar-refractivity contribution is 5.98. The number of hydrogen-bond acceptors (Lipinski definition) is 10. The van der Waals surface area contributed by atoms with E-state index >= 15 is 0 Å². The lowest BCUT2D eigenvalue weighted by Gasteiger charge is -2.06. The number of methoxy groups -OCH3 is 1. The van der Waals surface area contributed by atoms with Crippen molar-refractivity contribution >= 4 is 28.8 Å². The van der Waals surface area contributed by atoms with Crippen LogP contribution in [0.25, 0.3) is 11.0 Å². The van der Waals surface area contributed by atoms with Gasteiger partial charge in [-0.2, -0.15) is 15.4 Å². The maximum Gasteiger partial charge on any atom is 0.251 e. The summed E-state index contributed by atoms with van der Waals surface area (Å²) < 4.78 is 18.0. The van der Waals surface area contributed by atoms with Crippen molar-refractivity contribution in [1.82, 2.24) is 40.7 Å². The van der Waals surface area contributed by atoms with Gasteiger partial charge in [0, 0.05) is 66.3 Å². The zero-order chi connectivity index (χ0) is 62.4. The molecule has 3 amide bonds. The van der Waals surface area contributed by atoms with E-state index in [1.165, 1.54) is 34.2 Å². The molecule has 0 saturated heterocycles. The van der Waals surface area contributed by atoms with E-state index in [1.54, 1.807) is 65.5 Å². The monoisotopic (exact) mass is 1130 g/mol. The van der Waals surface area contributed by atoms with Crippen molar-refractivity contribution in [2.24, 2.45) is 23.3 Å². The molecule has 0 spiro atoms. The van der Waals surface area contributed by atoms with E-state index in [0.717, 1.165) is 33.6 Å². The molecule has 0 aliphatic carbocycles. The molecule has 7 aromatic rings. The number of halogens is 1. The van der Waals surface area contributed by atoms with Crippen molar-refractivity contribution in [3.05, 3.63) is 170 Å². The van der Waals surface area contributed by atoms with Crippen LogP contribution in [-0.2, 0) is 11.3 Å². The van der Waals surface area contributed by atoms with Crippen molar-refractivity contribution in [1.29, 1.82) is 0 Å². The van der Waals surface area contributed by atoms with Crippen molar-refractivity contribution in [3.8, 4) is 17.7 Å². The number of benzene rings is 2. The summed E-state index contributed by atoms with van der Waals surface area (Å²) in [5, 5.41) is 23.2. The van der Waals surface area contributed by atoms with Crippen LogP contribution < -0.4 is 27.1 Å². The fourth-order valence-corrected chi connectivity index (χ4v) is 6.48. The lowest BCUT2D eigenvalue weighted by atomic mass is 9.98. The Labute approximate surface area is 486 Å². The number of aliphatic hydroxyl groups is 1. The van der Waals surface area contributed by atoms with Crippen LogP contribution in [0.1, 0.15) is 220 Å². The highest BCUT2D eigenvalue weighted by atomic mass is 19.1. The van der Waals surface area contributed by atoms with Gasteiger partial charge in [-0.3, -0.25) is 19.2 Å². The quantitative estimate of drug-likeness (QED) is 0.0672. The summed E-state index contributed by atoms with van der Waals surface area (Å²) in [4.78, 5) is 56.7. The zero-order valence-corrected chi connectivity index (χ0v) is 52.0. The lowest BCUT2D eigenvalue weighted by Crippen LogP contribution is -2.17. The van der Waals surface area contributed by atoms with Crippen molar-refractivity contribution in [2.75, 3.05) is 7.11 Å². The largest absolute Gasteiger partial charge is 0.481 e. The number of amides is 3. The number of rotatable bonds is 9. The van der Waals surface area contributed by atoms with Gasteiger partial charge in [-0.15, -0.1) is 0 Å². The molecule has 17 heteroatoms. The first-order chi connectivity index (χ1) is 38.3. The van der Waals surface area contributed by atoms with Gasteiger partial charge in [0.05, 0.1) is 24.6 Å². The lowest BCUT2D eigenvalue weighted by molar-refractivity contribution is -0.120. The van der Waals surface area contributed by atoms with E-state index < -0.39 is 17.3 Å². The Morgan fingerprint density at radius 1 is 0.671 bits per heavy atom. The molecule has 9 N–H and O–H groups in total. The molecule has 0 bridgehead atoms. The van der Waals surface area contributed by atoms with Crippen LogP contribution in [-0.4, -0.2) is 70.9 Å². The average molecular weight is 1130 g/mol. The second-order valence-corrected chi connectivity index (χ2v) is 22.4. The summed E-state index contributed by atoms with van der Waals surface area (Å²) in [6, 6.07) is 22.3. The van der Waals surface area contributed by atoms with Gasteiger partial charge in [0.1, 0.15) is 17.1 Å². The normalized spacial score (nSPS) is 11.1. The van der Waals surface area contributed by atoms with Gasteiger partial charge in [0.25, 0.3) is 11.8 Å². The van der Waals surface area contributed by atoms with Crippen LogP contribution >= 0.6 is 0 Å². The molecule has 5 aromatic heterocycles. The zero-order valence-electron chi connectivity index (χ0n) is 52.0. The number of carbonyl (C=O) groups is 3. The van der Waals surface area contributed by atoms with Gasteiger partial charge in [0.2, 0.25) is 17.3 Å². The number of aromatic amines is 3. The van der Waals surface area contributed by atoms with E-state index in [0.29, 0.717) is 47.9 Å². The summed E-state index contributed by atoms with van der Waals surface area (Å²) in [7, 11) is 1.63. The van der Waals surface area contributed by atoms with E-state index in [2.05, 4.69) is 134 Å². The number of hydrogen-bond donors (Lipinski definition) is 7. The number of aromatic nitrogens is 7. The van der Waals surface area contributed by atoms with E-state index in [-0.39, 0.29) is 34.8 Å². The van der Waals surface area contributed by atoms with Crippen molar-refractivity contribution < 1.29 is 28.6 Å². The number of fused-ring (bicyclic) bond motifs is 2. The summed E-state index contributed by atoms with van der Waals surface area (Å²) in [6.07, 6.45) is 9.04. The molecule has 6 heterocycles. The van der Waals surface area contributed by atoms with Crippen LogP contribution in [0, 0.1) is 29.5 Å². The van der Waals surface area contributed by atoms with Gasteiger partial charge in [0.15, 0.2) is 0 Å². The van der Waals surface area contributed by atoms with Gasteiger partial charge in [-0.25, -0.2) is 14.4 Å². The van der Waals surface area contributed by atoms with Crippen LogP contribution in [0.3, 0.4) is 0 Å². The third kappa shape index (κ3) is 28.4. The van der Waals surface area contributed by atoms with Gasteiger partial charge >= 0.3 is 0 Å². The summed E-state index contributed by atoms with van der Waals surface area (Å²) in [6.45, 7) is 36.7. The Hall–Kier alpha value is -7.97. The molecule has 8 rings (SSSR count). The Morgan fingerprint density at radius 3 is 1.67 bits per heavy atom. The molecule has 1 aliphatic rings. The van der Waals surface area contributed by atoms with E-state index in [4.69, 9.17) is 21.3 Å².